The zero-order valence-corrected chi connectivity index (χ0v) is 10.6. The Morgan fingerprint density at radius 1 is 1.38 bits per heavy atom. The van der Waals surface area contributed by atoms with E-state index in [9.17, 15) is 4.79 Å². The second kappa shape index (κ2) is 4.97. The average molecular weight is 283 g/mol. The lowest BCUT2D eigenvalue weighted by Crippen LogP contribution is -2.32. The smallest absolute Gasteiger partial charge is 0.222 e. The summed E-state index contributed by atoms with van der Waals surface area (Å²) in [5.41, 5.74) is 7.15. The van der Waals surface area contributed by atoms with E-state index in [1.54, 1.807) is 0 Å². The molecule has 4 heteroatoms. The van der Waals surface area contributed by atoms with Gasteiger partial charge >= 0.3 is 0 Å². The highest BCUT2D eigenvalue weighted by molar-refractivity contribution is 9.10. The number of hydrogen-bond donors (Lipinski definition) is 1. The van der Waals surface area contributed by atoms with Gasteiger partial charge in [0.25, 0.3) is 0 Å². The molecule has 2 N–H and O–H groups in total. The van der Waals surface area contributed by atoms with Crippen molar-refractivity contribution in [1.82, 2.24) is 4.90 Å². The molecule has 0 radical (unpaired) electrons. The number of amides is 1. The summed E-state index contributed by atoms with van der Waals surface area (Å²) < 4.78 is 1.04. The van der Waals surface area contributed by atoms with Crippen LogP contribution in [0.15, 0.2) is 28.7 Å². The van der Waals surface area contributed by atoms with E-state index >= 15 is 0 Å². The zero-order chi connectivity index (χ0) is 11.5. The molecule has 2 rings (SSSR count). The summed E-state index contributed by atoms with van der Waals surface area (Å²) in [5, 5.41) is 0. The fourth-order valence-corrected chi connectivity index (χ4v) is 2.21. The molecule has 0 aromatic heterocycles. The molecule has 1 fully saturated rings. The van der Waals surface area contributed by atoms with Crippen LogP contribution in [0.4, 0.5) is 0 Å². The molecule has 1 unspecified atom stereocenters. The fourth-order valence-electron chi connectivity index (χ4n) is 1.95. The van der Waals surface area contributed by atoms with Gasteiger partial charge in [-0.15, -0.1) is 0 Å². The monoisotopic (exact) mass is 282 g/mol. The molecule has 86 valence electrons. The highest BCUT2D eigenvalue weighted by Gasteiger charge is 2.22. The number of nitrogens with zero attached hydrogens (tertiary/aromatic N) is 1. The van der Waals surface area contributed by atoms with Crippen molar-refractivity contribution in [3.05, 3.63) is 34.3 Å². The first-order valence-corrected chi connectivity index (χ1v) is 6.25. The van der Waals surface area contributed by atoms with E-state index in [-0.39, 0.29) is 11.9 Å². The Morgan fingerprint density at radius 2 is 2.06 bits per heavy atom. The van der Waals surface area contributed by atoms with Crippen molar-refractivity contribution in [2.45, 2.75) is 18.9 Å². The summed E-state index contributed by atoms with van der Waals surface area (Å²) >= 11 is 3.39. The Kier molecular flexibility index (Phi) is 3.61. The molecule has 0 bridgehead atoms. The van der Waals surface area contributed by atoms with Gasteiger partial charge in [-0.05, 0) is 24.1 Å². The fraction of sp³-hybridized carbons (Fsp3) is 0.417. The second-order valence-corrected chi connectivity index (χ2v) is 5.02. The van der Waals surface area contributed by atoms with Crippen LogP contribution < -0.4 is 5.73 Å². The quantitative estimate of drug-likeness (QED) is 0.923. The molecule has 1 saturated heterocycles. The van der Waals surface area contributed by atoms with Crippen LogP contribution in [0.1, 0.15) is 24.4 Å². The van der Waals surface area contributed by atoms with E-state index in [2.05, 4.69) is 15.9 Å². The number of carbonyl (C=O) groups is 1. The maximum Gasteiger partial charge on any atom is 0.222 e. The van der Waals surface area contributed by atoms with Crippen molar-refractivity contribution in [3.8, 4) is 0 Å². The highest BCUT2D eigenvalue weighted by Crippen LogP contribution is 2.18. The van der Waals surface area contributed by atoms with Crippen molar-refractivity contribution in [1.29, 1.82) is 0 Å². The molecule has 1 aromatic rings. The van der Waals surface area contributed by atoms with Crippen LogP contribution in [0, 0.1) is 0 Å². The first kappa shape index (κ1) is 11.6. The van der Waals surface area contributed by atoms with Crippen LogP contribution in [-0.2, 0) is 4.79 Å². The van der Waals surface area contributed by atoms with Crippen LogP contribution in [0.3, 0.4) is 0 Å². The van der Waals surface area contributed by atoms with Gasteiger partial charge < -0.3 is 10.6 Å². The lowest BCUT2D eigenvalue weighted by atomic mass is 10.1. The maximum atomic E-state index is 11.5. The van der Waals surface area contributed by atoms with Gasteiger partial charge in [0.1, 0.15) is 0 Å². The number of likely N-dealkylation sites (tertiary alicyclic amines) is 1. The molecule has 0 spiro atoms. The third kappa shape index (κ3) is 2.62. The molecule has 16 heavy (non-hydrogen) atoms. The number of hydrogen-bond acceptors (Lipinski definition) is 2. The number of nitrogens with two attached hydrogens (primary N) is 1. The lowest BCUT2D eigenvalue weighted by molar-refractivity contribution is -0.127. The molecule has 3 nitrogen and oxygen atoms in total. The Hall–Kier alpha value is -0.870. The number of rotatable bonds is 3. The molecule has 1 aromatic carbocycles. The van der Waals surface area contributed by atoms with Gasteiger partial charge in [0.05, 0.1) is 0 Å². The standard InChI is InChI=1S/C12H15BrN2O/c13-10-5-3-9(4-6-10)11(14)8-15-7-1-2-12(15)16/h3-6,11H,1-2,7-8,14H2. The van der Waals surface area contributed by atoms with Gasteiger partial charge in [0, 0.05) is 30.0 Å². The van der Waals surface area contributed by atoms with E-state index in [1.807, 2.05) is 29.2 Å². The third-order valence-electron chi connectivity index (χ3n) is 2.89. The molecule has 1 amide bonds. The van der Waals surface area contributed by atoms with E-state index in [0.29, 0.717) is 13.0 Å². The summed E-state index contributed by atoms with van der Waals surface area (Å²) in [6.07, 6.45) is 1.64. The number of benzene rings is 1. The van der Waals surface area contributed by atoms with Crippen LogP contribution in [0.25, 0.3) is 0 Å². The first-order valence-electron chi connectivity index (χ1n) is 5.45. The Balaban J connectivity index is 1.99. The van der Waals surface area contributed by atoms with Gasteiger partial charge in [-0.3, -0.25) is 4.79 Å². The average Bonchev–Trinajstić information content (AvgIpc) is 2.65. The second-order valence-electron chi connectivity index (χ2n) is 4.10. The summed E-state index contributed by atoms with van der Waals surface area (Å²) in [7, 11) is 0. The van der Waals surface area contributed by atoms with Crippen LogP contribution in [-0.4, -0.2) is 23.9 Å². The van der Waals surface area contributed by atoms with E-state index in [4.69, 9.17) is 5.73 Å². The first-order chi connectivity index (χ1) is 7.66. The number of halogens is 1. The molecule has 0 saturated carbocycles. The van der Waals surface area contributed by atoms with E-state index in [1.165, 1.54) is 0 Å². The minimum atomic E-state index is -0.0878. The van der Waals surface area contributed by atoms with Crippen molar-refractivity contribution in [2.24, 2.45) is 5.73 Å². The normalized spacial score (nSPS) is 17.9. The molecule has 1 aliphatic heterocycles. The largest absolute Gasteiger partial charge is 0.341 e. The summed E-state index contributed by atoms with van der Waals surface area (Å²) in [4.78, 5) is 13.3. The van der Waals surface area contributed by atoms with Crippen molar-refractivity contribution in [2.75, 3.05) is 13.1 Å². The van der Waals surface area contributed by atoms with Gasteiger partial charge in [-0.2, -0.15) is 0 Å². The van der Waals surface area contributed by atoms with Gasteiger partial charge in [-0.1, -0.05) is 28.1 Å². The Labute approximate surface area is 104 Å². The van der Waals surface area contributed by atoms with Crippen molar-refractivity contribution in [3.63, 3.8) is 0 Å². The Morgan fingerprint density at radius 3 is 2.62 bits per heavy atom. The molecule has 1 aliphatic rings. The highest BCUT2D eigenvalue weighted by atomic mass is 79.9. The van der Waals surface area contributed by atoms with Crippen molar-refractivity contribution < 1.29 is 4.79 Å². The lowest BCUT2D eigenvalue weighted by Gasteiger charge is -2.20. The van der Waals surface area contributed by atoms with Crippen molar-refractivity contribution >= 4 is 21.8 Å². The molecule has 0 aliphatic carbocycles. The zero-order valence-electron chi connectivity index (χ0n) is 9.03. The van der Waals surface area contributed by atoms with Gasteiger partial charge in [0.2, 0.25) is 5.91 Å². The van der Waals surface area contributed by atoms with Gasteiger partial charge in [0.15, 0.2) is 0 Å². The molecular formula is C12H15BrN2O. The molecular weight excluding hydrogens is 268 g/mol. The van der Waals surface area contributed by atoms with Crippen LogP contribution in [0.2, 0.25) is 0 Å². The topological polar surface area (TPSA) is 46.3 Å². The molecule has 1 atom stereocenters. The molecule has 1 heterocycles. The SMILES string of the molecule is NC(CN1CCCC1=O)c1ccc(Br)cc1. The van der Waals surface area contributed by atoms with Crippen LogP contribution >= 0.6 is 15.9 Å². The minimum Gasteiger partial charge on any atom is -0.341 e. The van der Waals surface area contributed by atoms with E-state index < -0.39 is 0 Å². The predicted octanol–water partition coefficient (Wildman–Crippen LogP) is 2.07. The van der Waals surface area contributed by atoms with Crippen LogP contribution in [0.5, 0.6) is 0 Å². The van der Waals surface area contributed by atoms with E-state index in [0.717, 1.165) is 23.0 Å². The third-order valence-corrected chi connectivity index (χ3v) is 3.42. The summed E-state index contributed by atoms with van der Waals surface area (Å²) in [6, 6.07) is 7.85. The Bertz CT molecular complexity index is 377. The summed E-state index contributed by atoms with van der Waals surface area (Å²) in [5.74, 6) is 0.229. The summed E-state index contributed by atoms with van der Waals surface area (Å²) in [6.45, 7) is 1.48. The minimum absolute atomic E-state index is 0.0878. The van der Waals surface area contributed by atoms with Gasteiger partial charge in [-0.25, -0.2) is 0 Å². The predicted molar refractivity (Wildman–Crippen MR) is 66.9 cm³/mol. The maximum absolute atomic E-state index is 11.5. The number of carbonyl (C=O) groups excluding carboxylic acids is 1.